The van der Waals surface area contributed by atoms with Crippen molar-refractivity contribution in [3.05, 3.63) is 104 Å². The smallest absolute Gasteiger partial charge is 0.410 e. The number of pyridine rings is 2. The van der Waals surface area contributed by atoms with Crippen LogP contribution >= 0.6 is 23.2 Å². The van der Waals surface area contributed by atoms with Gasteiger partial charge in [-0.2, -0.15) is 0 Å². The van der Waals surface area contributed by atoms with E-state index in [-0.39, 0.29) is 61.5 Å². The van der Waals surface area contributed by atoms with Gasteiger partial charge in [0.15, 0.2) is 0 Å². The van der Waals surface area contributed by atoms with E-state index in [0.29, 0.717) is 91.7 Å². The number of nitrogens with one attached hydrogen (secondary N) is 2. The summed E-state index contributed by atoms with van der Waals surface area (Å²) < 4.78 is 12.8. The fraction of sp³-hybridized carbons (Fsp3) is 0.356. The Labute approximate surface area is 368 Å². The number of amides is 4. The van der Waals surface area contributed by atoms with Crippen molar-refractivity contribution >= 4 is 52.8 Å². The molecule has 15 nitrogen and oxygen atoms in total. The van der Waals surface area contributed by atoms with E-state index in [1.807, 2.05) is 36.4 Å². The zero-order valence-corrected chi connectivity index (χ0v) is 36.5. The van der Waals surface area contributed by atoms with Crippen LogP contribution in [-0.2, 0) is 27.4 Å². The molecule has 17 heteroatoms. The van der Waals surface area contributed by atoms with Crippen molar-refractivity contribution in [3.63, 3.8) is 0 Å². The minimum absolute atomic E-state index is 0.0000101. The van der Waals surface area contributed by atoms with Crippen molar-refractivity contribution in [3.8, 4) is 39.4 Å². The van der Waals surface area contributed by atoms with Gasteiger partial charge >= 0.3 is 12.2 Å². The first kappa shape index (κ1) is 43.9. The topological polar surface area (TPSA) is 185 Å². The van der Waals surface area contributed by atoms with Gasteiger partial charge < -0.3 is 35.0 Å². The average Bonchev–Trinajstić information content (AvgIpc) is 3.84. The Morgan fingerprint density at radius 2 is 1.44 bits per heavy atom. The maximum absolute atomic E-state index is 13.7. The summed E-state index contributed by atoms with van der Waals surface area (Å²) in [5, 5.41) is 16.4. The van der Waals surface area contributed by atoms with Gasteiger partial charge in [0, 0.05) is 77.6 Å². The van der Waals surface area contributed by atoms with Crippen molar-refractivity contribution in [2.45, 2.75) is 84.2 Å². The summed E-state index contributed by atoms with van der Waals surface area (Å²) in [5.41, 5.74) is 4.26. The average molecular weight is 885 g/mol. The molecule has 5 heterocycles. The Balaban J connectivity index is 1.18. The highest BCUT2D eigenvalue weighted by atomic mass is 35.5. The third-order valence-corrected chi connectivity index (χ3v) is 11.7. The Morgan fingerprint density at radius 1 is 0.839 bits per heavy atom. The van der Waals surface area contributed by atoms with E-state index in [1.165, 1.54) is 21.3 Å². The summed E-state index contributed by atoms with van der Waals surface area (Å²) in [6, 6.07) is 17.6. The molecule has 2 fully saturated rings. The quantitative estimate of drug-likeness (QED) is 0.113. The molecule has 2 aliphatic rings. The van der Waals surface area contributed by atoms with E-state index >= 15 is 0 Å². The standard InChI is InChI=1S/C45H47Cl2N7O8/c1-25-35(24-53(44(60)62-45(2,3)4)23-29-14-17-38(56)49-29)50-36-20-26(18-19-54(36)42(25)57)30-8-6-9-31(39(30)46)32-10-7-11-33(40(32)47)34-15-12-27(41(51-34)61-5)21-52(43(58)59)22-28-13-16-37(55)48-28/h6-12,15,18-20,28-29H,13-14,16-17,21-24H2,1-5H3,(H,48,55)(H,49,56)(H,58,59)/t28-,29+/m0/s1. The first-order valence-corrected chi connectivity index (χ1v) is 20.9. The highest BCUT2D eigenvalue weighted by Crippen LogP contribution is 2.42. The van der Waals surface area contributed by atoms with Crippen LogP contribution in [0.1, 0.15) is 63.3 Å². The number of hydrogen-bond acceptors (Lipinski definition) is 9. The van der Waals surface area contributed by atoms with Crippen LogP contribution in [0.4, 0.5) is 9.59 Å². The van der Waals surface area contributed by atoms with Crippen LogP contribution in [-0.4, -0.2) is 91.2 Å². The highest BCUT2D eigenvalue weighted by Gasteiger charge is 2.30. The second-order valence-electron chi connectivity index (χ2n) is 16.5. The number of benzene rings is 2. The Bertz CT molecular complexity index is 2650. The molecule has 0 bridgehead atoms. The molecular formula is C45H47Cl2N7O8. The summed E-state index contributed by atoms with van der Waals surface area (Å²) in [5.74, 6) is 0.0520. The van der Waals surface area contributed by atoms with Crippen LogP contribution < -0.4 is 20.9 Å². The lowest BCUT2D eigenvalue weighted by Crippen LogP contribution is -2.44. The largest absolute Gasteiger partial charge is 0.481 e. The van der Waals surface area contributed by atoms with Crippen LogP contribution in [0.2, 0.25) is 10.0 Å². The summed E-state index contributed by atoms with van der Waals surface area (Å²) >= 11 is 14.3. The van der Waals surface area contributed by atoms with Gasteiger partial charge in [0.25, 0.3) is 5.56 Å². The van der Waals surface area contributed by atoms with Crippen LogP contribution in [0, 0.1) is 6.92 Å². The number of hydrogen-bond donors (Lipinski definition) is 3. The van der Waals surface area contributed by atoms with E-state index in [4.69, 9.17) is 42.6 Å². The molecule has 3 N–H and O–H groups in total. The lowest BCUT2D eigenvalue weighted by atomic mass is 9.97. The van der Waals surface area contributed by atoms with Gasteiger partial charge in [0.2, 0.25) is 17.7 Å². The van der Waals surface area contributed by atoms with Gasteiger partial charge in [-0.15, -0.1) is 0 Å². The van der Waals surface area contributed by atoms with Gasteiger partial charge in [-0.3, -0.25) is 18.8 Å². The summed E-state index contributed by atoms with van der Waals surface area (Å²) in [6.45, 7) is 7.30. The predicted octanol–water partition coefficient (Wildman–Crippen LogP) is 7.49. The van der Waals surface area contributed by atoms with E-state index in [0.717, 1.165) is 0 Å². The molecule has 2 aliphatic heterocycles. The van der Waals surface area contributed by atoms with Crippen molar-refractivity contribution in [1.29, 1.82) is 0 Å². The molecule has 4 amide bonds. The SMILES string of the molecule is COc1nc(-c2cccc(-c3cccc(-c4ccn5c(=O)c(C)c(CN(C[C@H]6CCC(=O)N6)C(=O)OC(C)(C)C)nc5c4)c3Cl)c2Cl)ccc1CN(C[C@@H]1CCC(=O)N1)C(=O)O. The fourth-order valence-corrected chi connectivity index (χ4v) is 8.36. The molecule has 0 spiro atoms. The molecule has 2 atom stereocenters. The van der Waals surface area contributed by atoms with Crippen LogP contribution in [0.25, 0.3) is 39.2 Å². The van der Waals surface area contributed by atoms with E-state index in [2.05, 4.69) is 10.6 Å². The highest BCUT2D eigenvalue weighted by molar-refractivity contribution is 6.39. The van der Waals surface area contributed by atoms with E-state index < -0.39 is 17.8 Å². The predicted molar refractivity (Wildman–Crippen MR) is 234 cm³/mol. The summed E-state index contributed by atoms with van der Waals surface area (Å²) in [7, 11) is 1.46. The number of nitrogens with zero attached hydrogens (tertiary/aromatic N) is 5. The molecular weight excluding hydrogens is 837 g/mol. The normalized spacial score (nSPS) is 16.2. The first-order valence-electron chi connectivity index (χ1n) is 20.2. The van der Waals surface area contributed by atoms with E-state index in [1.54, 1.807) is 58.2 Å². The van der Waals surface area contributed by atoms with Gasteiger partial charge in [0.05, 0.1) is 41.6 Å². The Kier molecular flexibility index (Phi) is 12.8. The molecule has 0 aliphatic carbocycles. The molecule has 5 aromatic rings. The monoisotopic (exact) mass is 883 g/mol. The van der Waals surface area contributed by atoms with Gasteiger partial charge in [0.1, 0.15) is 11.2 Å². The maximum atomic E-state index is 13.7. The summed E-state index contributed by atoms with van der Waals surface area (Å²) in [4.78, 5) is 75.2. The minimum atomic E-state index is -1.13. The fourth-order valence-electron chi connectivity index (χ4n) is 7.70. The van der Waals surface area contributed by atoms with Gasteiger partial charge in [-0.05, 0) is 70.4 Å². The van der Waals surface area contributed by atoms with Gasteiger partial charge in [-0.1, -0.05) is 59.6 Å². The lowest BCUT2D eigenvalue weighted by Gasteiger charge is -2.29. The number of carbonyl (C=O) groups excluding carboxylic acids is 3. The molecule has 3 aromatic heterocycles. The maximum Gasteiger partial charge on any atom is 0.410 e. The third-order valence-electron chi connectivity index (χ3n) is 10.8. The Hall–Kier alpha value is -6.19. The van der Waals surface area contributed by atoms with E-state index in [9.17, 15) is 29.1 Å². The number of ether oxygens (including phenoxy) is 2. The second-order valence-corrected chi connectivity index (χ2v) is 17.2. The lowest BCUT2D eigenvalue weighted by molar-refractivity contribution is -0.120. The minimum Gasteiger partial charge on any atom is -0.481 e. The molecule has 62 heavy (non-hydrogen) atoms. The molecule has 0 unspecified atom stereocenters. The number of fused-ring (bicyclic) bond motifs is 1. The zero-order chi connectivity index (χ0) is 44.5. The number of methoxy groups -OCH3 is 1. The molecule has 2 saturated heterocycles. The summed E-state index contributed by atoms with van der Waals surface area (Å²) in [6.07, 6.45) is 1.79. The zero-order valence-electron chi connectivity index (χ0n) is 35.0. The number of carbonyl (C=O) groups is 4. The van der Waals surface area contributed by atoms with Crippen molar-refractivity contribution in [2.24, 2.45) is 0 Å². The molecule has 2 aromatic carbocycles. The number of carboxylic acid groups (broad SMARTS) is 1. The van der Waals surface area contributed by atoms with Crippen molar-refractivity contribution < 1.29 is 33.8 Å². The number of aromatic nitrogens is 3. The number of rotatable bonds is 12. The van der Waals surface area contributed by atoms with Crippen LogP contribution in [0.15, 0.2) is 71.7 Å². The third kappa shape index (κ3) is 9.63. The molecule has 7 rings (SSSR count). The molecule has 0 radical (unpaired) electrons. The van der Waals surface area contributed by atoms with Crippen molar-refractivity contribution in [1.82, 2.24) is 34.8 Å². The number of halogens is 2. The van der Waals surface area contributed by atoms with Gasteiger partial charge in [-0.25, -0.2) is 19.6 Å². The Morgan fingerprint density at radius 3 is 2.02 bits per heavy atom. The molecule has 0 saturated carbocycles. The van der Waals surface area contributed by atoms with Crippen LogP contribution in [0.3, 0.4) is 0 Å². The van der Waals surface area contributed by atoms with Crippen LogP contribution in [0.5, 0.6) is 5.88 Å². The second kappa shape index (κ2) is 18.0. The molecule has 324 valence electrons. The first-order chi connectivity index (χ1) is 29.5. The van der Waals surface area contributed by atoms with Crippen molar-refractivity contribution in [2.75, 3.05) is 20.2 Å².